The molecule has 0 aromatic carbocycles. The van der Waals surface area contributed by atoms with Crippen molar-refractivity contribution < 1.29 is 13.2 Å². The Morgan fingerprint density at radius 3 is 2.57 bits per heavy atom. The summed E-state index contributed by atoms with van der Waals surface area (Å²) in [7, 11) is 0. The summed E-state index contributed by atoms with van der Waals surface area (Å²) in [6.07, 6.45) is -4.53. The van der Waals surface area contributed by atoms with Crippen LogP contribution in [0.2, 0.25) is 0 Å². The fourth-order valence-electron chi connectivity index (χ4n) is 0.943. The molecule has 2 aromatic rings. The third-order valence-electron chi connectivity index (χ3n) is 1.48. The zero-order chi connectivity index (χ0) is 10.3. The van der Waals surface area contributed by atoms with Crippen LogP contribution in [0.25, 0.3) is 5.65 Å². The van der Waals surface area contributed by atoms with E-state index in [1.807, 2.05) is 22.6 Å². The molecule has 0 saturated carbocycles. The molecule has 2 aromatic heterocycles. The molecule has 0 radical (unpaired) electrons. The first-order valence-corrected chi connectivity index (χ1v) is 4.51. The first-order chi connectivity index (χ1) is 6.48. The van der Waals surface area contributed by atoms with Crippen LogP contribution in [0.15, 0.2) is 12.1 Å². The van der Waals surface area contributed by atoms with Crippen LogP contribution in [-0.4, -0.2) is 19.8 Å². The number of alkyl halides is 3. The van der Waals surface area contributed by atoms with Crippen LogP contribution in [-0.2, 0) is 6.18 Å². The highest BCUT2D eigenvalue weighted by atomic mass is 127. The Bertz CT molecular complexity index is 477. The van der Waals surface area contributed by atoms with Gasteiger partial charge in [-0.1, -0.05) is 0 Å². The summed E-state index contributed by atoms with van der Waals surface area (Å²) in [4.78, 5) is 0. The lowest BCUT2D eigenvalue weighted by molar-refractivity contribution is -0.146. The van der Waals surface area contributed by atoms with Crippen LogP contribution in [0.5, 0.6) is 0 Å². The lowest BCUT2D eigenvalue weighted by Gasteiger charge is -2.02. The summed E-state index contributed by atoms with van der Waals surface area (Å²) in [6.45, 7) is 0. The Kier molecular flexibility index (Phi) is 2.09. The van der Waals surface area contributed by atoms with Crippen molar-refractivity contribution in [2.24, 2.45) is 0 Å². The number of aromatic nitrogens is 4. The molecule has 0 spiro atoms. The van der Waals surface area contributed by atoms with Crippen molar-refractivity contribution in [1.82, 2.24) is 19.8 Å². The van der Waals surface area contributed by atoms with Gasteiger partial charge >= 0.3 is 6.18 Å². The summed E-state index contributed by atoms with van der Waals surface area (Å²) in [5, 5.41) is 10.0. The molecular weight excluding hydrogens is 312 g/mol. The molecule has 0 aliphatic carbocycles. The van der Waals surface area contributed by atoms with Gasteiger partial charge in [0.2, 0.25) is 0 Å². The number of rotatable bonds is 0. The number of nitrogens with zero attached hydrogens (tertiary/aromatic N) is 4. The van der Waals surface area contributed by atoms with Crippen LogP contribution in [0.1, 0.15) is 5.82 Å². The maximum absolute atomic E-state index is 12.3. The highest BCUT2D eigenvalue weighted by Gasteiger charge is 2.37. The Hall–Kier alpha value is -0.930. The highest BCUT2D eigenvalue weighted by Crippen LogP contribution is 2.27. The lowest BCUT2D eigenvalue weighted by Crippen LogP contribution is -2.12. The van der Waals surface area contributed by atoms with Gasteiger partial charge in [-0.3, -0.25) is 0 Å². The molecule has 0 aliphatic rings. The molecular formula is C6H2F3IN4. The van der Waals surface area contributed by atoms with Crippen LogP contribution in [0.3, 0.4) is 0 Å². The minimum absolute atomic E-state index is 0.0812. The zero-order valence-electron chi connectivity index (χ0n) is 6.46. The standard InChI is InChI=1S/C6H2F3IN4/c7-6(8,9)5-12-11-4-2-1-3(10)13-14(4)5/h1-2H. The number of fused-ring (bicyclic) bond motifs is 1. The number of hydrogen-bond donors (Lipinski definition) is 0. The molecule has 0 N–H and O–H groups in total. The third kappa shape index (κ3) is 1.53. The van der Waals surface area contributed by atoms with Crippen LogP contribution in [0, 0.1) is 3.70 Å². The quantitative estimate of drug-likeness (QED) is 0.696. The van der Waals surface area contributed by atoms with Gasteiger partial charge in [-0.15, -0.1) is 10.2 Å². The predicted molar refractivity (Wildman–Crippen MR) is 48.5 cm³/mol. The summed E-state index contributed by atoms with van der Waals surface area (Å²) in [5.74, 6) is -1.11. The second kappa shape index (κ2) is 3.04. The third-order valence-corrected chi connectivity index (χ3v) is 2.06. The average molecular weight is 314 g/mol. The second-order valence-corrected chi connectivity index (χ2v) is 3.55. The number of hydrogen-bond acceptors (Lipinski definition) is 3. The van der Waals surface area contributed by atoms with Gasteiger partial charge in [0, 0.05) is 0 Å². The van der Waals surface area contributed by atoms with Gasteiger partial charge in [-0.05, 0) is 34.7 Å². The maximum Gasteiger partial charge on any atom is 0.453 e. The van der Waals surface area contributed by atoms with Gasteiger partial charge in [-0.2, -0.15) is 22.8 Å². The summed E-state index contributed by atoms with van der Waals surface area (Å²) in [5.41, 5.74) is 0.0812. The smallest absolute Gasteiger partial charge is 0.188 e. The van der Waals surface area contributed by atoms with Crippen molar-refractivity contribution in [3.05, 3.63) is 21.7 Å². The summed E-state index contributed by atoms with van der Waals surface area (Å²) >= 11 is 1.82. The topological polar surface area (TPSA) is 43.1 Å². The zero-order valence-corrected chi connectivity index (χ0v) is 8.61. The molecule has 2 heterocycles. The second-order valence-electron chi connectivity index (χ2n) is 2.45. The van der Waals surface area contributed by atoms with E-state index in [0.717, 1.165) is 0 Å². The van der Waals surface area contributed by atoms with Gasteiger partial charge in [0.05, 0.1) is 0 Å². The van der Waals surface area contributed by atoms with E-state index in [9.17, 15) is 13.2 Å². The van der Waals surface area contributed by atoms with Crippen molar-refractivity contribution >= 4 is 28.2 Å². The van der Waals surface area contributed by atoms with Crippen LogP contribution >= 0.6 is 22.6 Å². The van der Waals surface area contributed by atoms with E-state index in [0.29, 0.717) is 8.22 Å². The molecule has 2 rings (SSSR count). The first kappa shape index (κ1) is 9.62. The Morgan fingerprint density at radius 1 is 1.21 bits per heavy atom. The van der Waals surface area contributed by atoms with Gasteiger partial charge in [0.15, 0.2) is 5.65 Å². The van der Waals surface area contributed by atoms with Crippen molar-refractivity contribution in [2.75, 3.05) is 0 Å². The van der Waals surface area contributed by atoms with E-state index in [-0.39, 0.29) is 5.65 Å². The normalized spacial score (nSPS) is 12.3. The summed E-state index contributed by atoms with van der Waals surface area (Å²) < 4.78 is 38.1. The average Bonchev–Trinajstić information content (AvgIpc) is 2.45. The first-order valence-electron chi connectivity index (χ1n) is 3.43. The van der Waals surface area contributed by atoms with Crippen LogP contribution in [0.4, 0.5) is 13.2 Å². The largest absolute Gasteiger partial charge is 0.453 e. The van der Waals surface area contributed by atoms with E-state index in [4.69, 9.17) is 0 Å². The molecule has 0 bridgehead atoms. The Morgan fingerprint density at radius 2 is 1.93 bits per heavy atom. The molecule has 14 heavy (non-hydrogen) atoms. The minimum atomic E-state index is -4.53. The molecule has 74 valence electrons. The minimum Gasteiger partial charge on any atom is -0.188 e. The van der Waals surface area contributed by atoms with E-state index >= 15 is 0 Å². The van der Waals surface area contributed by atoms with E-state index in [1.54, 1.807) is 6.07 Å². The van der Waals surface area contributed by atoms with Crippen molar-refractivity contribution in [2.45, 2.75) is 6.18 Å². The van der Waals surface area contributed by atoms with Crippen molar-refractivity contribution in [3.63, 3.8) is 0 Å². The molecule has 0 atom stereocenters. The summed E-state index contributed by atoms with van der Waals surface area (Å²) in [6, 6.07) is 2.99. The van der Waals surface area contributed by atoms with Gasteiger partial charge < -0.3 is 0 Å². The molecule has 8 heteroatoms. The van der Waals surface area contributed by atoms with E-state index < -0.39 is 12.0 Å². The van der Waals surface area contributed by atoms with Gasteiger partial charge in [-0.25, -0.2) is 0 Å². The van der Waals surface area contributed by atoms with Gasteiger partial charge in [0.1, 0.15) is 3.70 Å². The Balaban J connectivity index is 2.73. The molecule has 4 nitrogen and oxygen atoms in total. The SMILES string of the molecule is FC(F)(F)c1nnc2ccc(I)nn12. The molecule has 0 saturated heterocycles. The molecule has 0 fully saturated rings. The predicted octanol–water partition coefficient (Wildman–Crippen LogP) is 1.75. The fourth-order valence-corrected chi connectivity index (χ4v) is 1.34. The van der Waals surface area contributed by atoms with Crippen molar-refractivity contribution in [3.8, 4) is 0 Å². The fraction of sp³-hybridized carbons (Fsp3) is 0.167. The van der Waals surface area contributed by atoms with Crippen LogP contribution < -0.4 is 0 Å². The van der Waals surface area contributed by atoms with E-state index in [1.165, 1.54) is 6.07 Å². The van der Waals surface area contributed by atoms with E-state index in [2.05, 4.69) is 15.3 Å². The monoisotopic (exact) mass is 314 g/mol. The molecule has 0 aliphatic heterocycles. The molecule has 0 unspecified atom stereocenters. The highest BCUT2D eigenvalue weighted by molar-refractivity contribution is 14.1. The maximum atomic E-state index is 12.3. The number of halogens is 4. The lowest BCUT2D eigenvalue weighted by atomic mass is 10.5. The van der Waals surface area contributed by atoms with Crippen molar-refractivity contribution in [1.29, 1.82) is 0 Å². The molecule has 0 amide bonds. The van der Waals surface area contributed by atoms with Gasteiger partial charge in [0.25, 0.3) is 5.82 Å². The Labute approximate surface area is 89.3 Å².